The normalized spacial score (nSPS) is 24.3. The van der Waals surface area contributed by atoms with Crippen molar-refractivity contribution in [3.05, 3.63) is 48.0 Å². The molecule has 2 heteroatoms. The predicted octanol–water partition coefficient (Wildman–Crippen LogP) is 3.35. The molecule has 0 aromatic heterocycles. The van der Waals surface area contributed by atoms with Crippen molar-refractivity contribution < 1.29 is 4.74 Å². The van der Waals surface area contributed by atoms with Gasteiger partial charge < -0.3 is 4.74 Å². The smallest absolute Gasteiger partial charge is 0.126 e. The van der Waals surface area contributed by atoms with Crippen molar-refractivity contribution in [3.8, 4) is 5.75 Å². The molecule has 1 saturated carbocycles. The van der Waals surface area contributed by atoms with Crippen LogP contribution in [0.3, 0.4) is 0 Å². The van der Waals surface area contributed by atoms with Gasteiger partial charge in [-0.25, -0.2) is 0 Å². The topological polar surface area (TPSA) is 9.23 Å². The summed E-state index contributed by atoms with van der Waals surface area (Å²) in [5.41, 5.74) is 3.03. The van der Waals surface area contributed by atoms with E-state index in [-0.39, 0.29) is 0 Å². The van der Waals surface area contributed by atoms with Crippen molar-refractivity contribution in [3.63, 3.8) is 0 Å². The van der Waals surface area contributed by atoms with Crippen LogP contribution in [0.2, 0.25) is 0 Å². The van der Waals surface area contributed by atoms with Gasteiger partial charge in [0.05, 0.1) is 16.5 Å². The minimum Gasteiger partial charge on any atom is -0.498 e. The summed E-state index contributed by atoms with van der Waals surface area (Å²) >= 11 is 0. The van der Waals surface area contributed by atoms with Gasteiger partial charge in [-0.3, -0.25) is 0 Å². The molecule has 0 radical (unpaired) electrons. The van der Waals surface area contributed by atoms with E-state index in [0.717, 1.165) is 34.1 Å². The largest absolute Gasteiger partial charge is 0.498 e. The highest BCUT2D eigenvalue weighted by molar-refractivity contribution is 6.08. The summed E-state index contributed by atoms with van der Waals surface area (Å²) in [6.07, 6.45) is 7.54. The molecule has 2 aromatic rings. The second-order valence-electron chi connectivity index (χ2n) is 5.98. The Kier molecular flexibility index (Phi) is 2.92. The third-order valence-corrected chi connectivity index (χ3v) is 5.11. The van der Waals surface area contributed by atoms with Crippen LogP contribution in [-0.2, 0) is 0 Å². The standard InChI is InChI=1S/C18H20OSi/c20-11-19-18-8-7-15(14-3-1-2-4-16(14)18)17-10-12-5-6-13(17)9-12/h1-4,7-8,10,12-13H,5-6,9,11H2,20H3. The van der Waals surface area contributed by atoms with Gasteiger partial charge in [0, 0.05) is 5.39 Å². The van der Waals surface area contributed by atoms with Crippen molar-refractivity contribution in [1.82, 2.24) is 0 Å². The average Bonchev–Trinajstić information content (AvgIpc) is 3.11. The van der Waals surface area contributed by atoms with Gasteiger partial charge in [0.2, 0.25) is 0 Å². The monoisotopic (exact) mass is 280 g/mol. The number of hydrogen-bond acceptors (Lipinski definition) is 1. The van der Waals surface area contributed by atoms with Crippen LogP contribution in [-0.4, -0.2) is 16.5 Å². The predicted molar refractivity (Wildman–Crippen MR) is 88.2 cm³/mol. The second kappa shape index (κ2) is 4.78. The highest BCUT2D eigenvalue weighted by atomic mass is 28.1. The Morgan fingerprint density at radius 3 is 2.60 bits per heavy atom. The first-order valence-corrected chi connectivity index (χ1v) is 9.15. The van der Waals surface area contributed by atoms with E-state index in [1.165, 1.54) is 35.6 Å². The van der Waals surface area contributed by atoms with E-state index in [0.29, 0.717) is 0 Å². The van der Waals surface area contributed by atoms with E-state index in [1.54, 1.807) is 5.57 Å². The lowest BCUT2D eigenvalue weighted by Crippen LogP contribution is -2.00. The highest BCUT2D eigenvalue weighted by Gasteiger charge is 2.33. The summed E-state index contributed by atoms with van der Waals surface area (Å²) < 4.78 is 5.84. The fourth-order valence-corrected chi connectivity index (χ4v) is 4.27. The van der Waals surface area contributed by atoms with Crippen LogP contribution in [0, 0.1) is 11.8 Å². The van der Waals surface area contributed by atoms with Crippen molar-refractivity contribution in [1.29, 1.82) is 0 Å². The summed E-state index contributed by atoms with van der Waals surface area (Å²) in [6, 6.07) is 13.1. The summed E-state index contributed by atoms with van der Waals surface area (Å²) in [5.74, 6) is 2.68. The van der Waals surface area contributed by atoms with E-state index in [4.69, 9.17) is 4.74 Å². The van der Waals surface area contributed by atoms with Crippen molar-refractivity contribution in [2.75, 3.05) is 6.23 Å². The molecule has 0 heterocycles. The molecular weight excluding hydrogens is 260 g/mol. The Morgan fingerprint density at radius 1 is 1.05 bits per heavy atom. The highest BCUT2D eigenvalue weighted by Crippen LogP contribution is 2.49. The van der Waals surface area contributed by atoms with Crippen LogP contribution in [0.1, 0.15) is 24.8 Å². The van der Waals surface area contributed by atoms with Gasteiger partial charge in [0.25, 0.3) is 0 Å². The van der Waals surface area contributed by atoms with Crippen LogP contribution in [0.15, 0.2) is 42.5 Å². The molecule has 2 unspecified atom stereocenters. The zero-order chi connectivity index (χ0) is 13.5. The van der Waals surface area contributed by atoms with Crippen LogP contribution >= 0.6 is 0 Å². The van der Waals surface area contributed by atoms with E-state index < -0.39 is 0 Å². The molecule has 0 aliphatic heterocycles. The van der Waals surface area contributed by atoms with Gasteiger partial charge in [-0.15, -0.1) is 0 Å². The molecule has 102 valence electrons. The Bertz CT molecular complexity index is 689. The zero-order valence-electron chi connectivity index (χ0n) is 11.9. The number of fused-ring (bicyclic) bond motifs is 3. The minimum absolute atomic E-state index is 0.800. The molecule has 20 heavy (non-hydrogen) atoms. The van der Waals surface area contributed by atoms with E-state index >= 15 is 0 Å². The maximum Gasteiger partial charge on any atom is 0.126 e. The Hall–Kier alpha value is -1.54. The Balaban J connectivity index is 1.89. The lowest BCUT2D eigenvalue weighted by atomic mass is 9.89. The number of benzene rings is 2. The van der Waals surface area contributed by atoms with Crippen molar-refractivity contribution >= 4 is 26.6 Å². The molecular formula is C18H20OSi. The van der Waals surface area contributed by atoms with Crippen LogP contribution in [0.5, 0.6) is 5.75 Å². The van der Waals surface area contributed by atoms with E-state index in [2.05, 4.69) is 42.5 Å². The van der Waals surface area contributed by atoms with Gasteiger partial charge in [-0.2, -0.15) is 0 Å². The van der Waals surface area contributed by atoms with Gasteiger partial charge in [0.15, 0.2) is 0 Å². The number of ether oxygens (including phenoxy) is 1. The number of allylic oxidation sites excluding steroid dienone is 2. The summed E-state index contributed by atoms with van der Waals surface area (Å²) in [7, 11) is 1.07. The maximum atomic E-state index is 5.84. The molecule has 2 aliphatic carbocycles. The van der Waals surface area contributed by atoms with Crippen LogP contribution in [0.25, 0.3) is 16.3 Å². The first kappa shape index (κ1) is 12.2. The SMILES string of the molecule is [SiH3]COc1ccc(C2=CC3CCC2C3)c2ccccc12. The first-order chi connectivity index (χ1) is 9.86. The molecule has 1 fully saturated rings. The number of rotatable bonds is 3. The fourth-order valence-electron chi connectivity index (χ4n) is 3.95. The lowest BCUT2D eigenvalue weighted by molar-refractivity contribution is 0.392. The average molecular weight is 280 g/mol. The molecule has 0 amide bonds. The Morgan fingerprint density at radius 2 is 1.90 bits per heavy atom. The molecule has 0 spiro atoms. The third kappa shape index (κ3) is 1.82. The molecule has 2 aliphatic rings. The summed E-state index contributed by atoms with van der Waals surface area (Å²) in [6.45, 7) is 0. The quantitative estimate of drug-likeness (QED) is 0.783. The van der Waals surface area contributed by atoms with Crippen LogP contribution < -0.4 is 4.74 Å². The second-order valence-corrected chi connectivity index (χ2v) is 6.56. The molecule has 2 atom stereocenters. The first-order valence-electron chi connectivity index (χ1n) is 7.73. The molecule has 2 aromatic carbocycles. The molecule has 2 bridgehead atoms. The Labute approximate surface area is 123 Å². The fraction of sp³-hybridized carbons (Fsp3) is 0.333. The van der Waals surface area contributed by atoms with Crippen LogP contribution in [0.4, 0.5) is 0 Å². The van der Waals surface area contributed by atoms with Crippen molar-refractivity contribution in [2.45, 2.75) is 19.3 Å². The minimum atomic E-state index is 0.800. The van der Waals surface area contributed by atoms with Gasteiger partial charge in [0.1, 0.15) is 5.75 Å². The number of hydrogen-bond donors (Lipinski definition) is 0. The van der Waals surface area contributed by atoms with Gasteiger partial charge >= 0.3 is 0 Å². The molecule has 1 nitrogen and oxygen atoms in total. The van der Waals surface area contributed by atoms with E-state index in [9.17, 15) is 0 Å². The molecule has 0 saturated heterocycles. The zero-order valence-corrected chi connectivity index (χ0v) is 13.9. The third-order valence-electron chi connectivity index (χ3n) is 4.82. The van der Waals surface area contributed by atoms with Crippen molar-refractivity contribution in [2.24, 2.45) is 11.8 Å². The maximum absolute atomic E-state index is 5.84. The molecule has 4 rings (SSSR count). The van der Waals surface area contributed by atoms with Gasteiger partial charge in [-0.05, 0) is 53.7 Å². The van der Waals surface area contributed by atoms with Gasteiger partial charge in [-0.1, -0.05) is 36.4 Å². The summed E-state index contributed by atoms with van der Waals surface area (Å²) in [4.78, 5) is 0. The molecule has 0 N–H and O–H groups in total. The lowest BCUT2D eigenvalue weighted by Gasteiger charge is -2.17. The van der Waals surface area contributed by atoms with E-state index in [1.807, 2.05) is 0 Å². The summed E-state index contributed by atoms with van der Waals surface area (Å²) in [5, 5.41) is 2.63.